The van der Waals surface area contributed by atoms with Crippen LogP contribution < -0.4 is 5.32 Å². The summed E-state index contributed by atoms with van der Waals surface area (Å²) in [7, 11) is 0. The van der Waals surface area contributed by atoms with E-state index in [0.717, 1.165) is 38.5 Å². The van der Waals surface area contributed by atoms with E-state index in [4.69, 9.17) is 9.26 Å². The van der Waals surface area contributed by atoms with Gasteiger partial charge in [0.15, 0.2) is 5.82 Å². The second-order valence-electron chi connectivity index (χ2n) is 8.26. The fourth-order valence-corrected chi connectivity index (χ4v) is 4.35. The Morgan fingerprint density at radius 1 is 1.06 bits per heavy atom. The van der Waals surface area contributed by atoms with Crippen molar-refractivity contribution in [3.8, 4) is 0 Å². The van der Waals surface area contributed by atoms with E-state index in [-0.39, 0.29) is 24.3 Å². The minimum atomic E-state index is -0.586. The molecule has 1 aliphatic heterocycles. The van der Waals surface area contributed by atoms with E-state index in [0.29, 0.717) is 50.9 Å². The number of ether oxygens (including phenoxy) is 1. The number of amides is 3. The largest absolute Gasteiger partial charge is 0.450 e. The Bertz CT molecular complexity index is 764. The molecule has 0 bridgehead atoms. The van der Waals surface area contributed by atoms with Crippen LogP contribution in [0.3, 0.4) is 0 Å². The number of hydrogen-bond donors (Lipinski definition) is 1. The van der Waals surface area contributed by atoms with Crippen LogP contribution in [0, 0.1) is 0 Å². The van der Waals surface area contributed by atoms with Gasteiger partial charge in [0.1, 0.15) is 5.54 Å². The quantitative estimate of drug-likeness (QED) is 0.679. The molecule has 2 fully saturated rings. The molecule has 2 heterocycles. The minimum Gasteiger partial charge on any atom is -0.450 e. The smallest absolute Gasteiger partial charge is 0.409 e. The monoisotopic (exact) mass is 435 g/mol. The van der Waals surface area contributed by atoms with E-state index in [2.05, 4.69) is 15.5 Å². The maximum atomic E-state index is 12.6. The molecule has 172 valence electrons. The zero-order valence-electron chi connectivity index (χ0n) is 18.5. The number of hydrogen-bond acceptors (Lipinski definition) is 7. The minimum absolute atomic E-state index is 0.00528. The molecule has 0 unspecified atom stereocenters. The Morgan fingerprint density at radius 3 is 2.32 bits per heavy atom. The zero-order chi connectivity index (χ0) is 22.3. The average Bonchev–Trinajstić information content (AvgIpc) is 3.12. The molecule has 0 aromatic carbocycles. The highest BCUT2D eigenvalue weighted by atomic mass is 16.6. The van der Waals surface area contributed by atoms with E-state index in [1.807, 2.05) is 0 Å². The van der Waals surface area contributed by atoms with Crippen molar-refractivity contribution in [2.24, 2.45) is 0 Å². The lowest BCUT2D eigenvalue weighted by atomic mass is 9.89. The number of carbonyl (C=O) groups excluding carboxylic acids is 3. The summed E-state index contributed by atoms with van der Waals surface area (Å²) in [6.07, 6.45) is 6.10. The molecule has 31 heavy (non-hydrogen) atoms. The Kier molecular flexibility index (Phi) is 7.86. The predicted molar refractivity (Wildman–Crippen MR) is 111 cm³/mol. The molecular formula is C21H33N5O5. The Morgan fingerprint density at radius 2 is 1.71 bits per heavy atom. The zero-order valence-corrected chi connectivity index (χ0v) is 18.5. The van der Waals surface area contributed by atoms with Crippen molar-refractivity contribution in [1.29, 1.82) is 0 Å². The maximum absolute atomic E-state index is 12.6. The molecular weight excluding hydrogens is 402 g/mol. The standard InChI is InChI=1S/C21H33N5O5/c1-3-30-20(29)26-14-12-25(13-15-26)18(28)9-8-17-22-19(24-31-17)21(23-16(2)27)10-6-4-5-7-11-21/h3-15H2,1-2H3,(H,23,27). The molecule has 0 spiro atoms. The topological polar surface area (TPSA) is 118 Å². The molecule has 1 aliphatic carbocycles. The van der Waals surface area contributed by atoms with Crippen molar-refractivity contribution in [2.45, 2.75) is 70.8 Å². The van der Waals surface area contributed by atoms with Gasteiger partial charge in [0.25, 0.3) is 0 Å². The summed E-state index contributed by atoms with van der Waals surface area (Å²) in [6.45, 7) is 5.52. The first-order chi connectivity index (χ1) is 14.9. The van der Waals surface area contributed by atoms with Gasteiger partial charge in [-0.05, 0) is 19.8 Å². The highest BCUT2D eigenvalue weighted by molar-refractivity contribution is 5.77. The van der Waals surface area contributed by atoms with Gasteiger partial charge in [0.05, 0.1) is 6.61 Å². The molecule has 0 radical (unpaired) electrons. The molecule has 3 amide bonds. The van der Waals surface area contributed by atoms with E-state index in [9.17, 15) is 14.4 Å². The number of carbonyl (C=O) groups is 3. The van der Waals surface area contributed by atoms with Crippen molar-refractivity contribution >= 4 is 17.9 Å². The molecule has 1 saturated heterocycles. The number of nitrogens with one attached hydrogen (secondary N) is 1. The highest BCUT2D eigenvalue weighted by Gasteiger charge is 2.38. The lowest BCUT2D eigenvalue weighted by molar-refractivity contribution is -0.132. The van der Waals surface area contributed by atoms with Gasteiger partial charge >= 0.3 is 6.09 Å². The molecule has 1 aromatic rings. The summed E-state index contributed by atoms with van der Waals surface area (Å²) < 4.78 is 10.4. The fraction of sp³-hybridized carbons (Fsp3) is 0.762. The van der Waals surface area contributed by atoms with Crippen LogP contribution >= 0.6 is 0 Å². The summed E-state index contributed by atoms with van der Waals surface area (Å²) >= 11 is 0. The molecule has 1 N–H and O–H groups in total. The number of aromatic nitrogens is 2. The summed E-state index contributed by atoms with van der Waals surface area (Å²) in [4.78, 5) is 44.1. The number of rotatable bonds is 6. The van der Waals surface area contributed by atoms with Crippen LogP contribution in [0.15, 0.2) is 4.52 Å². The summed E-state index contributed by atoms with van der Waals surface area (Å²) in [6, 6.07) is 0. The van der Waals surface area contributed by atoms with Crippen LogP contribution in [-0.2, 0) is 26.3 Å². The lowest BCUT2D eigenvalue weighted by Crippen LogP contribution is -2.50. The van der Waals surface area contributed by atoms with E-state index in [1.165, 1.54) is 6.92 Å². The summed E-state index contributed by atoms with van der Waals surface area (Å²) in [5.74, 6) is 0.803. The third-order valence-corrected chi connectivity index (χ3v) is 5.98. The van der Waals surface area contributed by atoms with Gasteiger partial charge in [-0.15, -0.1) is 0 Å². The normalized spacial score (nSPS) is 18.9. The van der Waals surface area contributed by atoms with Gasteiger partial charge in [0.2, 0.25) is 17.7 Å². The van der Waals surface area contributed by atoms with Gasteiger partial charge in [-0.25, -0.2) is 4.79 Å². The molecule has 10 nitrogen and oxygen atoms in total. The van der Waals surface area contributed by atoms with E-state index in [1.54, 1.807) is 16.7 Å². The van der Waals surface area contributed by atoms with Crippen LogP contribution in [0.2, 0.25) is 0 Å². The van der Waals surface area contributed by atoms with Crippen molar-refractivity contribution in [1.82, 2.24) is 25.3 Å². The van der Waals surface area contributed by atoms with Crippen LogP contribution in [0.25, 0.3) is 0 Å². The molecule has 3 rings (SSSR count). The molecule has 2 aliphatic rings. The number of nitrogens with zero attached hydrogens (tertiary/aromatic N) is 4. The van der Waals surface area contributed by atoms with Gasteiger partial charge in [-0.1, -0.05) is 30.8 Å². The first-order valence-corrected chi connectivity index (χ1v) is 11.2. The van der Waals surface area contributed by atoms with Gasteiger partial charge in [-0.2, -0.15) is 4.98 Å². The lowest BCUT2D eigenvalue weighted by Gasteiger charge is -2.34. The van der Waals surface area contributed by atoms with Crippen LogP contribution in [0.5, 0.6) is 0 Å². The first kappa shape index (κ1) is 23.0. The van der Waals surface area contributed by atoms with E-state index >= 15 is 0 Å². The fourth-order valence-electron chi connectivity index (χ4n) is 4.35. The van der Waals surface area contributed by atoms with Crippen LogP contribution in [-0.4, -0.2) is 70.6 Å². The predicted octanol–water partition coefficient (Wildman–Crippen LogP) is 1.99. The molecule has 0 atom stereocenters. The van der Waals surface area contributed by atoms with Crippen molar-refractivity contribution in [3.63, 3.8) is 0 Å². The van der Waals surface area contributed by atoms with Gasteiger partial charge in [0, 0.05) is 45.9 Å². The molecule has 1 saturated carbocycles. The Hall–Kier alpha value is -2.65. The Labute approximate surface area is 182 Å². The Balaban J connectivity index is 1.54. The van der Waals surface area contributed by atoms with Crippen LogP contribution in [0.4, 0.5) is 4.79 Å². The maximum Gasteiger partial charge on any atom is 0.409 e. The van der Waals surface area contributed by atoms with Crippen LogP contribution in [0.1, 0.15) is 70.5 Å². The average molecular weight is 436 g/mol. The number of piperazine rings is 1. The van der Waals surface area contributed by atoms with Crippen molar-refractivity contribution in [2.75, 3.05) is 32.8 Å². The van der Waals surface area contributed by atoms with Gasteiger partial charge < -0.3 is 24.4 Å². The van der Waals surface area contributed by atoms with Gasteiger partial charge in [-0.3, -0.25) is 9.59 Å². The molecule has 1 aromatic heterocycles. The molecule has 10 heteroatoms. The third kappa shape index (κ3) is 5.95. The SMILES string of the molecule is CCOC(=O)N1CCN(C(=O)CCc2nc(C3(NC(C)=O)CCCCCC3)no2)CC1. The summed E-state index contributed by atoms with van der Waals surface area (Å²) in [5.41, 5.74) is -0.586. The second-order valence-corrected chi connectivity index (χ2v) is 8.26. The summed E-state index contributed by atoms with van der Waals surface area (Å²) in [5, 5.41) is 7.22. The van der Waals surface area contributed by atoms with Crippen molar-refractivity contribution in [3.05, 3.63) is 11.7 Å². The number of aryl methyl sites for hydroxylation is 1. The third-order valence-electron chi connectivity index (χ3n) is 5.98. The second kappa shape index (κ2) is 10.6. The first-order valence-electron chi connectivity index (χ1n) is 11.2. The highest BCUT2D eigenvalue weighted by Crippen LogP contribution is 2.34. The van der Waals surface area contributed by atoms with Crippen molar-refractivity contribution < 1.29 is 23.6 Å². The van der Waals surface area contributed by atoms with E-state index < -0.39 is 5.54 Å².